The predicted octanol–water partition coefficient (Wildman–Crippen LogP) is 15.0. The lowest BCUT2D eigenvalue weighted by Gasteiger charge is -2.27. The molecule has 55 heavy (non-hydrogen) atoms. The minimum absolute atomic E-state index is 0.0668. The van der Waals surface area contributed by atoms with Crippen molar-refractivity contribution in [3.63, 3.8) is 0 Å². The van der Waals surface area contributed by atoms with E-state index in [1.165, 1.54) is 66.1 Å². The molecule has 2 nitrogen and oxygen atoms in total. The van der Waals surface area contributed by atoms with Gasteiger partial charge in [-0.1, -0.05) is 147 Å². The third-order valence-electron chi connectivity index (χ3n) is 11.8. The van der Waals surface area contributed by atoms with Crippen LogP contribution in [0.4, 0.5) is 17.1 Å². The Morgan fingerprint density at radius 2 is 1.00 bits per heavy atom. The summed E-state index contributed by atoms with van der Waals surface area (Å²) < 4.78 is 6.28. The Kier molecular flexibility index (Phi) is 6.93. The summed E-state index contributed by atoms with van der Waals surface area (Å²) in [5.74, 6) is 0. The monoisotopic (exact) mass is 703 g/mol. The molecule has 0 radical (unpaired) electrons. The topological polar surface area (TPSA) is 16.4 Å². The van der Waals surface area contributed by atoms with E-state index in [-0.39, 0.29) is 5.41 Å². The number of anilines is 3. The third kappa shape index (κ3) is 4.95. The van der Waals surface area contributed by atoms with Crippen LogP contribution in [0.3, 0.4) is 0 Å². The van der Waals surface area contributed by atoms with Gasteiger partial charge in [0.1, 0.15) is 11.2 Å². The Hall–Kier alpha value is -6.90. The lowest BCUT2D eigenvalue weighted by Crippen LogP contribution is -2.14. The van der Waals surface area contributed by atoms with Crippen LogP contribution in [0, 0.1) is 0 Å². The van der Waals surface area contributed by atoms with E-state index in [9.17, 15) is 0 Å². The lowest BCUT2D eigenvalue weighted by molar-refractivity contribution is 0.660. The van der Waals surface area contributed by atoms with Gasteiger partial charge in [0.2, 0.25) is 0 Å². The molecule has 1 aromatic heterocycles. The molecule has 0 aliphatic heterocycles. The minimum atomic E-state index is -0.0668. The number of fused-ring (bicyclic) bond motifs is 9. The van der Waals surface area contributed by atoms with E-state index >= 15 is 0 Å². The Balaban J connectivity index is 1.08. The SMILES string of the molecule is CC1(C)c2ccccc2-c2ccc(-c3cccc(N(c4cccc(-c5cccc6c5ccc5ccccc56)c4)c4ccc5oc6ccccc6c5c4)c3)cc21. The smallest absolute Gasteiger partial charge is 0.135 e. The largest absolute Gasteiger partial charge is 0.456 e. The van der Waals surface area contributed by atoms with Crippen molar-refractivity contribution in [2.45, 2.75) is 19.3 Å². The van der Waals surface area contributed by atoms with Crippen LogP contribution in [0.2, 0.25) is 0 Å². The van der Waals surface area contributed by atoms with E-state index in [1.54, 1.807) is 0 Å². The molecule has 9 aromatic carbocycles. The number of hydrogen-bond acceptors (Lipinski definition) is 2. The van der Waals surface area contributed by atoms with Gasteiger partial charge in [-0.05, 0) is 121 Å². The molecule has 10 aromatic rings. The zero-order chi connectivity index (χ0) is 36.7. The second kappa shape index (κ2) is 12.1. The Morgan fingerprint density at radius 3 is 1.89 bits per heavy atom. The van der Waals surface area contributed by atoms with E-state index in [0.29, 0.717) is 0 Å². The highest BCUT2D eigenvalue weighted by molar-refractivity contribution is 6.12. The first-order valence-corrected chi connectivity index (χ1v) is 19.1. The first kappa shape index (κ1) is 31.6. The summed E-state index contributed by atoms with van der Waals surface area (Å²) in [5, 5.41) is 7.27. The zero-order valence-electron chi connectivity index (χ0n) is 30.8. The molecule has 0 bridgehead atoms. The molecule has 1 aliphatic carbocycles. The molecule has 0 fully saturated rings. The van der Waals surface area contributed by atoms with Crippen molar-refractivity contribution in [3.8, 4) is 33.4 Å². The van der Waals surface area contributed by atoms with Crippen molar-refractivity contribution in [3.05, 3.63) is 199 Å². The van der Waals surface area contributed by atoms with Crippen LogP contribution >= 0.6 is 0 Å². The van der Waals surface area contributed by atoms with Crippen LogP contribution in [0.15, 0.2) is 192 Å². The van der Waals surface area contributed by atoms with Crippen molar-refractivity contribution in [1.29, 1.82) is 0 Å². The van der Waals surface area contributed by atoms with E-state index in [2.05, 4.69) is 195 Å². The number of benzene rings is 9. The Bertz CT molecular complexity index is 3150. The second-order valence-electron chi connectivity index (χ2n) is 15.3. The van der Waals surface area contributed by atoms with Gasteiger partial charge in [0.25, 0.3) is 0 Å². The fourth-order valence-electron chi connectivity index (χ4n) is 9.11. The van der Waals surface area contributed by atoms with Crippen LogP contribution in [-0.4, -0.2) is 0 Å². The molecule has 0 saturated heterocycles. The number of furan rings is 1. The van der Waals surface area contributed by atoms with Gasteiger partial charge in [0.15, 0.2) is 0 Å². The normalized spacial score (nSPS) is 13.1. The quantitative estimate of drug-likeness (QED) is 0.166. The highest BCUT2D eigenvalue weighted by atomic mass is 16.3. The summed E-state index contributed by atoms with van der Waals surface area (Å²) in [6.45, 7) is 4.70. The van der Waals surface area contributed by atoms with E-state index in [1.807, 2.05) is 12.1 Å². The molecule has 0 unspecified atom stereocenters. The van der Waals surface area contributed by atoms with Gasteiger partial charge in [0, 0.05) is 33.2 Å². The van der Waals surface area contributed by atoms with E-state index < -0.39 is 0 Å². The molecular weight excluding hydrogens is 667 g/mol. The first-order valence-electron chi connectivity index (χ1n) is 19.1. The van der Waals surface area contributed by atoms with E-state index in [4.69, 9.17) is 4.42 Å². The van der Waals surface area contributed by atoms with Crippen molar-refractivity contribution in [2.75, 3.05) is 4.90 Å². The third-order valence-corrected chi connectivity index (χ3v) is 11.8. The molecule has 0 N–H and O–H groups in total. The van der Waals surface area contributed by atoms with Gasteiger partial charge in [-0.25, -0.2) is 0 Å². The van der Waals surface area contributed by atoms with Gasteiger partial charge in [0.05, 0.1) is 0 Å². The van der Waals surface area contributed by atoms with Crippen molar-refractivity contribution in [2.24, 2.45) is 0 Å². The van der Waals surface area contributed by atoms with Gasteiger partial charge < -0.3 is 9.32 Å². The van der Waals surface area contributed by atoms with Crippen LogP contribution < -0.4 is 4.90 Å². The van der Waals surface area contributed by atoms with Gasteiger partial charge in [-0.2, -0.15) is 0 Å². The molecule has 2 heteroatoms. The zero-order valence-corrected chi connectivity index (χ0v) is 30.8. The maximum absolute atomic E-state index is 6.28. The molecule has 260 valence electrons. The average molecular weight is 704 g/mol. The van der Waals surface area contributed by atoms with Gasteiger partial charge in [-0.3, -0.25) is 0 Å². The molecule has 0 amide bonds. The molecule has 1 heterocycles. The maximum Gasteiger partial charge on any atom is 0.135 e. The number of para-hydroxylation sites is 1. The van der Waals surface area contributed by atoms with Crippen molar-refractivity contribution < 1.29 is 4.42 Å². The molecule has 0 atom stereocenters. The van der Waals surface area contributed by atoms with Gasteiger partial charge >= 0.3 is 0 Å². The van der Waals surface area contributed by atoms with Crippen LogP contribution in [0.5, 0.6) is 0 Å². The molecule has 0 saturated carbocycles. The van der Waals surface area contributed by atoms with Crippen molar-refractivity contribution >= 4 is 60.5 Å². The number of nitrogens with zero attached hydrogens (tertiary/aromatic N) is 1. The van der Waals surface area contributed by atoms with Crippen LogP contribution in [-0.2, 0) is 5.41 Å². The second-order valence-corrected chi connectivity index (χ2v) is 15.3. The number of rotatable bonds is 5. The average Bonchev–Trinajstić information content (AvgIpc) is 3.72. The Labute approximate surface area is 320 Å². The highest BCUT2D eigenvalue weighted by Gasteiger charge is 2.35. The summed E-state index contributed by atoms with van der Waals surface area (Å²) in [5.41, 5.74) is 15.2. The minimum Gasteiger partial charge on any atom is -0.456 e. The fourth-order valence-corrected chi connectivity index (χ4v) is 9.11. The fraction of sp³-hybridized carbons (Fsp3) is 0.0566. The van der Waals surface area contributed by atoms with E-state index in [0.717, 1.165) is 39.0 Å². The highest BCUT2D eigenvalue weighted by Crippen LogP contribution is 2.50. The maximum atomic E-state index is 6.28. The molecule has 11 rings (SSSR count). The summed E-state index contributed by atoms with van der Waals surface area (Å²) >= 11 is 0. The predicted molar refractivity (Wildman–Crippen MR) is 232 cm³/mol. The summed E-state index contributed by atoms with van der Waals surface area (Å²) in [6.07, 6.45) is 0. The molecule has 1 aliphatic rings. The summed E-state index contributed by atoms with van der Waals surface area (Å²) in [6, 6.07) is 68.6. The number of hydrogen-bond donors (Lipinski definition) is 0. The Morgan fingerprint density at radius 1 is 0.364 bits per heavy atom. The lowest BCUT2D eigenvalue weighted by atomic mass is 9.81. The summed E-state index contributed by atoms with van der Waals surface area (Å²) in [7, 11) is 0. The van der Waals surface area contributed by atoms with Crippen LogP contribution in [0.25, 0.3) is 76.9 Å². The molecule has 0 spiro atoms. The first-order chi connectivity index (χ1) is 27.0. The summed E-state index contributed by atoms with van der Waals surface area (Å²) in [4.78, 5) is 2.39. The molecular formula is C53H37NO. The van der Waals surface area contributed by atoms with Crippen molar-refractivity contribution in [1.82, 2.24) is 0 Å². The van der Waals surface area contributed by atoms with Gasteiger partial charge in [-0.15, -0.1) is 0 Å². The standard InChI is InChI=1S/C53H37NO/c1-53(2)49-22-7-5-18-45(49)46-28-25-36(32-50(46)53)35-13-9-15-38(30-35)54(40-26-29-52-48(33-40)47-19-6-8-23-51(47)55-52)39-16-10-14-37(31-39)42-20-11-21-43-41-17-4-3-12-34(41)24-27-44(42)43/h3-33H,1-2H3. The van der Waals surface area contributed by atoms with Crippen LogP contribution in [0.1, 0.15) is 25.0 Å².